The average molecular weight is 431 g/mol. The summed E-state index contributed by atoms with van der Waals surface area (Å²) in [4.78, 5) is 12.0. The van der Waals surface area contributed by atoms with Crippen LogP contribution in [0.15, 0.2) is 43.0 Å². The SMILES string of the molecule is CC(C)c1cnnc(Nc2ccc3ncc(-c4cnn(C)c4)c(N4CCOCC4)c3n2)c1. The molecule has 0 bridgehead atoms. The van der Waals surface area contributed by atoms with Gasteiger partial charge in [-0.2, -0.15) is 10.2 Å². The first-order valence-corrected chi connectivity index (χ1v) is 10.8. The van der Waals surface area contributed by atoms with E-state index in [1.54, 1.807) is 10.9 Å². The molecule has 0 spiro atoms. The lowest BCUT2D eigenvalue weighted by atomic mass is 10.1. The minimum atomic E-state index is 0.370. The van der Waals surface area contributed by atoms with Crippen molar-refractivity contribution < 1.29 is 4.74 Å². The second-order valence-electron chi connectivity index (χ2n) is 8.24. The van der Waals surface area contributed by atoms with Crippen molar-refractivity contribution in [1.29, 1.82) is 0 Å². The van der Waals surface area contributed by atoms with Gasteiger partial charge in [0.1, 0.15) is 11.3 Å². The molecular weight excluding hydrogens is 404 g/mol. The van der Waals surface area contributed by atoms with Crippen molar-refractivity contribution in [2.24, 2.45) is 7.05 Å². The highest BCUT2D eigenvalue weighted by molar-refractivity contribution is 5.98. The molecule has 5 heterocycles. The van der Waals surface area contributed by atoms with Crippen molar-refractivity contribution >= 4 is 28.4 Å². The van der Waals surface area contributed by atoms with E-state index in [9.17, 15) is 0 Å². The summed E-state index contributed by atoms with van der Waals surface area (Å²) in [6.45, 7) is 7.24. The van der Waals surface area contributed by atoms with Crippen molar-refractivity contribution in [3.05, 3.63) is 48.5 Å². The monoisotopic (exact) mass is 430 g/mol. The lowest BCUT2D eigenvalue weighted by molar-refractivity contribution is 0.123. The fourth-order valence-electron chi connectivity index (χ4n) is 3.89. The first-order valence-electron chi connectivity index (χ1n) is 10.8. The molecule has 0 radical (unpaired) electrons. The highest BCUT2D eigenvalue weighted by Gasteiger charge is 2.21. The van der Waals surface area contributed by atoms with Crippen LogP contribution in [0.1, 0.15) is 25.3 Å². The quantitative estimate of drug-likeness (QED) is 0.514. The van der Waals surface area contributed by atoms with Crippen LogP contribution in [0, 0.1) is 0 Å². The molecule has 5 rings (SSSR count). The van der Waals surface area contributed by atoms with Gasteiger partial charge in [0.25, 0.3) is 0 Å². The maximum absolute atomic E-state index is 5.59. The fourth-order valence-corrected chi connectivity index (χ4v) is 3.89. The van der Waals surface area contributed by atoms with Gasteiger partial charge in [0.2, 0.25) is 0 Å². The van der Waals surface area contributed by atoms with Crippen molar-refractivity contribution in [2.75, 3.05) is 36.5 Å². The Morgan fingerprint density at radius 2 is 1.91 bits per heavy atom. The Balaban J connectivity index is 1.61. The van der Waals surface area contributed by atoms with Gasteiger partial charge in [0.15, 0.2) is 5.82 Å². The van der Waals surface area contributed by atoms with E-state index in [1.807, 2.05) is 43.8 Å². The Morgan fingerprint density at radius 1 is 1.06 bits per heavy atom. The number of hydrogen-bond acceptors (Lipinski definition) is 8. The molecule has 0 atom stereocenters. The van der Waals surface area contributed by atoms with Crippen LogP contribution in [-0.4, -0.2) is 56.2 Å². The molecule has 164 valence electrons. The zero-order chi connectivity index (χ0) is 22.1. The van der Waals surface area contributed by atoms with Gasteiger partial charge in [-0.25, -0.2) is 4.98 Å². The van der Waals surface area contributed by atoms with Gasteiger partial charge in [-0.15, -0.1) is 5.10 Å². The molecule has 0 aliphatic carbocycles. The number of hydrogen-bond donors (Lipinski definition) is 1. The van der Waals surface area contributed by atoms with E-state index in [2.05, 4.69) is 39.4 Å². The van der Waals surface area contributed by atoms with E-state index in [-0.39, 0.29) is 0 Å². The Bertz CT molecular complexity index is 1250. The maximum Gasteiger partial charge on any atom is 0.154 e. The minimum Gasteiger partial charge on any atom is -0.378 e. The number of aryl methyl sites for hydroxylation is 1. The lowest BCUT2D eigenvalue weighted by Gasteiger charge is -2.31. The Hall–Kier alpha value is -3.59. The Labute approximate surface area is 186 Å². The minimum absolute atomic E-state index is 0.370. The molecule has 1 N–H and O–H groups in total. The number of morpholine rings is 1. The first kappa shape index (κ1) is 20.3. The smallest absolute Gasteiger partial charge is 0.154 e. The van der Waals surface area contributed by atoms with Gasteiger partial charge < -0.3 is 15.0 Å². The van der Waals surface area contributed by atoms with Crippen LogP contribution in [-0.2, 0) is 11.8 Å². The van der Waals surface area contributed by atoms with Crippen molar-refractivity contribution in [2.45, 2.75) is 19.8 Å². The standard InChI is InChI=1S/C23H26N8O/c1-15(2)16-10-21(29-25-11-16)27-20-5-4-19-22(28-20)23(31-6-8-32-9-7-31)18(13-24-19)17-12-26-30(3)14-17/h4-5,10-15H,6-9H2,1-3H3,(H,27,28,29). The molecule has 0 saturated carbocycles. The summed E-state index contributed by atoms with van der Waals surface area (Å²) in [5, 5.41) is 16.0. The van der Waals surface area contributed by atoms with Gasteiger partial charge in [-0.3, -0.25) is 9.67 Å². The number of fused-ring (bicyclic) bond motifs is 1. The highest BCUT2D eigenvalue weighted by atomic mass is 16.5. The van der Waals surface area contributed by atoms with E-state index in [0.29, 0.717) is 30.8 Å². The molecule has 9 heteroatoms. The Morgan fingerprint density at radius 3 is 2.66 bits per heavy atom. The van der Waals surface area contributed by atoms with Crippen molar-refractivity contribution in [3.63, 3.8) is 0 Å². The number of nitrogens with zero attached hydrogens (tertiary/aromatic N) is 7. The number of rotatable bonds is 5. The summed E-state index contributed by atoms with van der Waals surface area (Å²) in [6, 6.07) is 5.92. The van der Waals surface area contributed by atoms with E-state index in [4.69, 9.17) is 14.7 Å². The zero-order valence-corrected chi connectivity index (χ0v) is 18.5. The molecule has 0 aromatic carbocycles. The fraction of sp³-hybridized carbons (Fsp3) is 0.348. The molecule has 1 saturated heterocycles. The van der Waals surface area contributed by atoms with Crippen LogP contribution in [0.2, 0.25) is 0 Å². The topological polar surface area (TPSA) is 93.9 Å². The second-order valence-corrected chi connectivity index (χ2v) is 8.24. The van der Waals surface area contributed by atoms with Crippen molar-refractivity contribution in [1.82, 2.24) is 29.9 Å². The molecule has 1 fully saturated rings. The molecule has 1 aliphatic heterocycles. The molecule has 4 aromatic rings. The van der Waals surface area contributed by atoms with Crippen LogP contribution in [0.4, 0.5) is 17.3 Å². The predicted molar refractivity (Wildman–Crippen MR) is 124 cm³/mol. The van der Waals surface area contributed by atoms with Gasteiger partial charge in [0, 0.05) is 43.7 Å². The normalized spacial score (nSPS) is 14.3. The van der Waals surface area contributed by atoms with E-state index in [0.717, 1.165) is 46.5 Å². The number of anilines is 3. The molecule has 32 heavy (non-hydrogen) atoms. The second kappa shape index (κ2) is 8.51. The van der Waals surface area contributed by atoms with Gasteiger partial charge >= 0.3 is 0 Å². The van der Waals surface area contributed by atoms with Crippen LogP contribution in [0.5, 0.6) is 0 Å². The number of ether oxygens (including phenoxy) is 1. The van der Waals surface area contributed by atoms with E-state index in [1.165, 1.54) is 0 Å². The predicted octanol–water partition coefficient (Wildman–Crippen LogP) is 3.52. The molecule has 9 nitrogen and oxygen atoms in total. The zero-order valence-electron chi connectivity index (χ0n) is 18.5. The summed E-state index contributed by atoms with van der Waals surface area (Å²) in [5.74, 6) is 1.74. The maximum atomic E-state index is 5.59. The van der Waals surface area contributed by atoms with Crippen molar-refractivity contribution in [3.8, 4) is 11.1 Å². The first-order chi connectivity index (χ1) is 15.6. The van der Waals surface area contributed by atoms with Crippen LogP contribution in [0.3, 0.4) is 0 Å². The highest BCUT2D eigenvalue weighted by Crippen LogP contribution is 2.36. The van der Waals surface area contributed by atoms with Gasteiger partial charge in [0.05, 0.1) is 36.8 Å². The molecule has 1 aliphatic rings. The molecule has 0 unspecified atom stereocenters. The molecular formula is C23H26N8O. The lowest BCUT2D eigenvalue weighted by Crippen LogP contribution is -2.36. The summed E-state index contributed by atoms with van der Waals surface area (Å²) >= 11 is 0. The van der Waals surface area contributed by atoms with Gasteiger partial charge in [-0.05, 0) is 29.7 Å². The third-order valence-corrected chi connectivity index (χ3v) is 5.63. The molecule has 4 aromatic heterocycles. The number of nitrogens with one attached hydrogen (secondary N) is 1. The molecule has 0 amide bonds. The summed E-state index contributed by atoms with van der Waals surface area (Å²) in [5.41, 5.74) is 5.88. The summed E-state index contributed by atoms with van der Waals surface area (Å²) in [7, 11) is 1.92. The number of pyridine rings is 2. The number of aromatic nitrogens is 6. The largest absolute Gasteiger partial charge is 0.378 e. The average Bonchev–Trinajstić information content (AvgIpc) is 3.25. The van der Waals surface area contributed by atoms with Crippen LogP contribution >= 0.6 is 0 Å². The van der Waals surface area contributed by atoms with Crippen LogP contribution in [0.25, 0.3) is 22.2 Å². The van der Waals surface area contributed by atoms with Crippen LogP contribution < -0.4 is 10.2 Å². The summed E-state index contributed by atoms with van der Waals surface area (Å²) < 4.78 is 7.39. The van der Waals surface area contributed by atoms with Gasteiger partial charge in [-0.1, -0.05) is 13.8 Å². The third-order valence-electron chi connectivity index (χ3n) is 5.63. The Kier molecular flexibility index (Phi) is 5.40. The van der Waals surface area contributed by atoms with E-state index >= 15 is 0 Å². The van der Waals surface area contributed by atoms with E-state index < -0.39 is 0 Å². The summed E-state index contributed by atoms with van der Waals surface area (Å²) in [6.07, 6.45) is 7.57. The third kappa shape index (κ3) is 3.99.